The number of nitrogens with two attached hydrogens (primary N) is 1. The van der Waals surface area contributed by atoms with Gasteiger partial charge in [-0.1, -0.05) is 0 Å². The average molecular weight is 182 g/mol. The molecule has 0 heterocycles. The van der Waals surface area contributed by atoms with Crippen LogP contribution in [0, 0.1) is 0 Å². The number of carboxylic acid groups (broad SMARTS) is 1. The molecule has 11 heavy (non-hydrogen) atoms. The van der Waals surface area contributed by atoms with Crippen molar-refractivity contribution in [3.05, 3.63) is 0 Å². The Morgan fingerprint density at radius 1 is 1.64 bits per heavy atom. The van der Waals surface area contributed by atoms with Crippen LogP contribution in [0.25, 0.3) is 0 Å². The van der Waals surface area contributed by atoms with Crippen molar-refractivity contribution in [2.45, 2.75) is 30.9 Å². The van der Waals surface area contributed by atoms with Gasteiger partial charge in [0.1, 0.15) is 5.54 Å². The number of hydrogen-bond donors (Lipinski definition) is 3. The summed E-state index contributed by atoms with van der Waals surface area (Å²) >= 11 is 0. The molecule has 0 saturated heterocycles. The summed E-state index contributed by atoms with van der Waals surface area (Å²) in [4.78, 5) is 10.4. The van der Waals surface area contributed by atoms with Crippen LogP contribution in [0.3, 0.4) is 0 Å². The van der Waals surface area contributed by atoms with E-state index in [1.54, 1.807) is 0 Å². The average Bonchev–Trinajstić information content (AvgIpc) is 2.13. The molecular formula is C6H12ClNO3. The topological polar surface area (TPSA) is 83.6 Å². The molecule has 66 valence electrons. The highest BCUT2D eigenvalue weighted by atomic mass is 35.5. The number of aliphatic hydroxyl groups excluding tert-OH is 1. The third-order valence-electron chi connectivity index (χ3n) is 1.95. The zero-order chi connectivity index (χ0) is 7.78. The normalized spacial score (nSPS) is 36.4. The van der Waals surface area contributed by atoms with Crippen LogP contribution in [0.2, 0.25) is 0 Å². The minimum Gasteiger partial charge on any atom is -0.480 e. The predicted molar refractivity (Wildman–Crippen MR) is 41.7 cm³/mol. The fourth-order valence-electron chi connectivity index (χ4n) is 1.24. The quantitative estimate of drug-likeness (QED) is 0.520. The first-order chi connectivity index (χ1) is 4.54. The molecule has 1 aliphatic rings. The second-order valence-corrected chi connectivity index (χ2v) is 2.86. The lowest BCUT2D eigenvalue weighted by molar-refractivity contribution is -0.143. The third-order valence-corrected chi connectivity index (χ3v) is 1.95. The Labute approximate surface area is 70.8 Å². The molecule has 4 nitrogen and oxygen atoms in total. The van der Waals surface area contributed by atoms with Crippen LogP contribution >= 0.6 is 12.4 Å². The molecular weight excluding hydrogens is 170 g/mol. The van der Waals surface area contributed by atoms with Crippen LogP contribution in [0.15, 0.2) is 0 Å². The lowest BCUT2D eigenvalue weighted by atomic mass is 10.00. The van der Waals surface area contributed by atoms with Crippen LogP contribution < -0.4 is 5.73 Å². The van der Waals surface area contributed by atoms with Crippen LogP contribution in [0.5, 0.6) is 0 Å². The number of aliphatic carboxylic acids is 1. The summed E-state index contributed by atoms with van der Waals surface area (Å²) in [7, 11) is 0. The van der Waals surface area contributed by atoms with Gasteiger partial charge in [-0.3, -0.25) is 4.79 Å². The summed E-state index contributed by atoms with van der Waals surface area (Å²) in [5, 5.41) is 17.5. The van der Waals surface area contributed by atoms with Crippen LogP contribution in [-0.2, 0) is 4.79 Å². The molecule has 0 aromatic heterocycles. The van der Waals surface area contributed by atoms with E-state index < -0.39 is 17.6 Å². The number of halogens is 1. The monoisotopic (exact) mass is 181 g/mol. The summed E-state index contributed by atoms with van der Waals surface area (Å²) in [5.74, 6) is -1.01. The highest BCUT2D eigenvalue weighted by molar-refractivity contribution is 5.85. The minimum atomic E-state index is -1.17. The number of rotatable bonds is 1. The maximum Gasteiger partial charge on any atom is 0.323 e. The van der Waals surface area contributed by atoms with Gasteiger partial charge in [0, 0.05) is 6.42 Å². The summed E-state index contributed by atoms with van der Waals surface area (Å²) in [6, 6.07) is 0. The van der Waals surface area contributed by atoms with E-state index in [2.05, 4.69) is 0 Å². The number of carboxylic acids is 1. The van der Waals surface area contributed by atoms with Gasteiger partial charge in [-0.15, -0.1) is 12.4 Å². The summed E-state index contributed by atoms with van der Waals surface area (Å²) in [5.41, 5.74) is 4.27. The first-order valence-corrected chi connectivity index (χ1v) is 3.25. The Morgan fingerprint density at radius 2 is 2.18 bits per heavy atom. The predicted octanol–water partition coefficient (Wildman–Crippen LogP) is -0.265. The molecule has 2 atom stereocenters. The van der Waals surface area contributed by atoms with Crippen LogP contribution in [0.4, 0.5) is 0 Å². The van der Waals surface area contributed by atoms with Crippen LogP contribution in [0.1, 0.15) is 19.3 Å². The minimum absolute atomic E-state index is 0. The van der Waals surface area contributed by atoms with Gasteiger partial charge in [0.05, 0.1) is 6.10 Å². The van der Waals surface area contributed by atoms with E-state index in [4.69, 9.17) is 15.9 Å². The fraction of sp³-hybridized carbons (Fsp3) is 0.833. The molecule has 1 saturated carbocycles. The van der Waals surface area contributed by atoms with E-state index in [-0.39, 0.29) is 18.8 Å². The summed E-state index contributed by atoms with van der Waals surface area (Å²) < 4.78 is 0. The number of hydrogen-bond acceptors (Lipinski definition) is 3. The van der Waals surface area contributed by atoms with Crippen molar-refractivity contribution in [2.75, 3.05) is 0 Å². The highest BCUT2D eigenvalue weighted by Crippen LogP contribution is 2.27. The van der Waals surface area contributed by atoms with E-state index in [9.17, 15) is 4.79 Å². The van der Waals surface area contributed by atoms with Crippen molar-refractivity contribution in [1.82, 2.24) is 0 Å². The molecule has 0 spiro atoms. The van der Waals surface area contributed by atoms with E-state index in [0.29, 0.717) is 12.8 Å². The van der Waals surface area contributed by atoms with Gasteiger partial charge in [0.25, 0.3) is 0 Å². The second kappa shape index (κ2) is 3.38. The van der Waals surface area contributed by atoms with Crippen molar-refractivity contribution in [3.8, 4) is 0 Å². The van der Waals surface area contributed by atoms with Gasteiger partial charge in [-0.05, 0) is 12.8 Å². The molecule has 1 rings (SSSR count). The zero-order valence-corrected chi connectivity index (χ0v) is 6.80. The Hall–Kier alpha value is -0.320. The SMILES string of the molecule is Cl.NC1(C(=O)O)CCC(O)C1. The van der Waals surface area contributed by atoms with Crippen molar-refractivity contribution in [2.24, 2.45) is 5.73 Å². The van der Waals surface area contributed by atoms with Gasteiger partial charge < -0.3 is 15.9 Å². The molecule has 2 unspecified atom stereocenters. The van der Waals surface area contributed by atoms with Gasteiger partial charge >= 0.3 is 5.97 Å². The Bertz CT molecular complexity index is 164. The molecule has 0 aromatic carbocycles. The largest absolute Gasteiger partial charge is 0.480 e. The molecule has 0 radical (unpaired) electrons. The molecule has 0 aromatic rings. The zero-order valence-electron chi connectivity index (χ0n) is 5.99. The fourth-order valence-corrected chi connectivity index (χ4v) is 1.24. The molecule has 4 N–H and O–H groups in total. The Balaban J connectivity index is 0.000001000. The van der Waals surface area contributed by atoms with E-state index in [1.165, 1.54) is 0 Å². The molecule has 0 bridgehead atoms. The van der Waals surface area contributed by atoms with Gasteiger partial charge in [-0.25, -0.2) is 0 Å². The molecule has 1 fully saturated rings. The first-order valence-electron chi connectivity index (χ1n) is 3.25. The van der Waals surface area contributed by atoms with E-state index in [1.807, 2.05) is 0 Å². The summed E-state index contributed by atoms with van der Waals surface area (Å²) in [6.07, 6.45) is 0.537. The Morgan fingerprint density at radius 3 is 2.36 bits per heavy atom. The van der Waals surface area contributed by atoms with Gasteiger partial charge in [-0.2, -0.15) is 0 Å². The van der Waals surface area contributed by atoms with Crippen molar-refractivity contribution >= 4 is 18.4 Å². The van der Waals surface area contributed by atoms with Crippen molar-refractivity contribution < 1.29 is 15.0 Å². The number of aliphatic hydroxyl groups is 1. The van der Waals surface area contributed by atoms with Crippen molar-refractivity contribution in [1.29, 1.82) is 0 Å². The van der Waals surface area contributed by atoms with E-state index in [0.717, 1.165) is 0 Å². The lowest BCUT2D eigenvalue weighted by Gasteiger charge is -2.16. The van der Waals surface area contributed by atoms with E-state index >= 15 is 0 Å². The smallest absolute Gasteiger partial charge is 0.323 e. The number of carbonyl (C=O) groups is 1. The van der Waals surface area contributed by atoms with Crippen LogP contribution in [-0.4, -0.2) is 27.8 Å². The maximum absolute atomic E-state index is 10.4. The second-order valence-electron chi connectivity index (χ2n) is 2.86. The highest BCUT2D eigenvalue weighted by Gasteiger charge is 2.41. The third kappa shape index (κ3) is 2.05. The van der Waals surface area contributed by atoms with Crippen molar-refractivity contribution in [3.63, 3.8) is 0 Å². The lowest BCUT2D eigenvalue weighted by Crippen LogP contribution is -2.45. The molecule has 0 amide bonds. The maximum atomic E-state index is 10.4. The van der Waals surface area contributed by atoms with Gasteiger partial charge in [0.15, 0.2) is 0 Å². The molecule has 1 aliphatic carbocycles. The first kappa shape index (κ1) is 10.7. The standard InChI is InChI=1S/C6H11NO3.ClH/c7-6(5(9)10)2-1-4(8)3-6;/h4,8H,1-3,7H2,(H,9,10);1H. The molecule has 0 aliphatic heterocycles. The Kier molecular flexibility index (Phi) is 3.29. The molecule has 5 heteroatoms. The van der Waals surface area contributed by atoms with Gasteiger partial charge in [0.2, 0.25) is 0 Å². The summed E-state index contributed by atoms with van der Waals surface area (Å²) in [6.45, 7) is 0.